The SMILES string of the molecule is COC(=O)c1ccc(Oc2ccc(COCC(=O)N[C@H](C(=O)N3C[C@H](O)C[C@H]3C(=O)CCc3ccc(-c4sccc4C)cc3)C(C)(C)C)cc2)cc1. The largest absolute Gasteiger partial charge is 0.465 e. The summed E-state index contributed by atoms with van der Waals surface area (Å²) in [6.07, 6.45) is 0.0991. The summed E-state index contributed by atoms with van der Waals surface area (Å²) in [5.41, 5.74) is 3.95. The van der Waals surface area contributed by atoms with Crippen LogP contribution in [-0.2, 0) is 36.9 Å². The first-order valence-corrected chi connectivity index (χ1v) is 18.2. The lowest BCUT2D eigenvalue weighted by Gasteiger charge is -2.35. The van der Waals surface area contributed by atoms with E-state index in [0.717, 1.165) is 16.7 Å². The van der Waals surface area contributed by atoms with Crippen LogP contribution in [0, 0.1) is 12.3 Å². The molecule has 3 atom stereocenters. The topological polar surface area (TPSA) is 131 Å². The van der Waals surface area contributed by atoms with Crippen LogP contribution in [0.4, 0.5) is 0 Å². The number of esters is 1. The predicted octanol–water partition coefficient (Wildman–Crippen LogP) is 6.51. The molecule has 2 N–H and O–H groups in total. The van der Waals surface area contributed by atoms with Crippen LogP contribution in [0.25, 0.3) is 10.4 Å². The number of amides is 2. The molecule has 5 rings (SSSR count). The van der Waals surface area contributed by atoms with Crippen LogP contribution < -0.4 is 10.1 Å². The molecule has 1 aromatic heterocycles. The number of Topliss-reactive ketones (excluding diaryl/α,β-unsaturated/α-hetero) is 1. The number of nitrogens with zero attached hydrogens (tertiary/aromatic N) is 1. The van der Waals surface area contributed by atoms with Gasteiger partial charge in [0.25, 0.3) is 0 Å². The van der Waals surface area contributed by atoms with Crippen molar-refractivity contribution in [2.75, 3.05) is 20.3 Å². The molecule has 1 saturated heterocycles. The molecule has 1 aliphatic rings. The Morgan fingerprint density at radius 3 is 2.15 bits per heavy atom. The van der Waals surface area contributed by atoms with E-state index in [-0.39, 0.29) is 38.4 Å². The summed E-state index contributed by atoms with van der Waals surface area (Å²) in [7, 11) is 1.32. The first kappa shape index (κ1) is 38.4. The highest BCUT2D eigenvalue weighted by molar-refractivity contribution is 7.13. The number of rotatable bonds is 14. The molecule has 274 valence electrons. The van der Waals surface area contributed by atoms with Gasteiger partial charge in [0.15, 0.2) is 5.78 Å². The molecule has 1 aliphatic heterocycles. The zero-order valence-corrected chi connectivity index (χ0v) is 31.0. The molecule has 0 saturated carbocycles. The van der Waals surface area contributed by atoms with Gasteiger partial charge in [-0.3, -0.25) is 14.4 Å². The Morgan fingerprint density at radius 2 is 1.56 bits per heavy atom. The van der Waals surface area contributed by atoms with E-state index in [4.69, 9.17) is 14.2 Å². The van der Waals surface area contributed by atoms with Gasteiger partial charge in [-0.2, -0.15) is 0 Å². The van der Waals surface area contributed by atoms with E-state index in [9.17, 15) is 24.3 Å². The maximum absolute atomic E-state index is 13.9. The second kappa shape index (κ2) is 17.1. The predicted molar refractivity (Wildman–Crippen MR) is 199 cm³/mol. The molecule has 11 heteroatoms. The first-order valence-electron chi connectivity index (χ1n) is 17.3. The average Bonchev–Trinajstić information content (AvgIpc) is 3.75. The van der Waals surface area contributed by atoms with Crippen molar-refractivity contribution in [2.24, 2.45) is 5.41 Å². The summed E-state index contributed by atoms with van der Waals surface area (Å²) < 4.78 is 16.2. The molecule has 0 radical (unpaired) electrons. The number of likely N-dealkylation sites (tertiary alicyclic amines) is 1. The van der Waals surface area contributed by atoms with E-state index < -0.39 is 41.4 Å². The van der Waals surface area contributed by atoms with Crippen LogP contribution >= 0.6 is 11.3 Å². The monoisotopic (exact) mass is 726 g/mol. The third-order valence-corrected chi connectivity index (χ3v) is 10.1. The number of aryl methyl sites for hydroxylation is 2. The van der Waals surface area contributed by atoms with Gasteiger partial charge in [-0.05, 0) is 88.9 Å². The van der Waals surface area contributed by atoms with Gasteiger partial charge in [-0.1, -0.05) is 57.2 Å². The molecule has 2 amide bonds. The van der Waals surface area contributed by atoms with E-state index in [2.05, 4.69) is 35.8 Å². The number of hydrogen-bond acceptors (Lipinski definition) is 9. The molecular weight excluding hydrogens is 681 g/mol. The number of β-amino-alcohol motifs (C(OH)–C–C–N with tert-alkyl or cyclic N) is 1. The minimum absolute atomic E-state index is 0.0293. The molecule has 1 fully saturated rings. The van der Waals surface area contributed by atoms with Gasteiger partial charge in [0.05, 0.1) is 31.4 Å². The lowest BCUT2D eigenvalue weighted by Crippen LogP contribution is -2.57. The van der Waals surface area contributed by atoms with Gasteiger partial charge in [0, 0.05) is 24.3 Å². The summed E-state index contributed by atoms with van der Waals surface area (Å²) in [5, 5.41) is 15.4. The molecule has 52 heavy (non-hydrogen) atoms. The van der Waals surface area contributed by atoms with Crippen molar-refractivity contribution in [1.29, 1.82) is 0 Å². The Kier molecular flexibility index (Phi) is 12.6. The summed E-state index contributed by atoms with van der Waals surface area (Å²) in [6.45, 7) is 7.53. The molecule has 10 nitrogen and oxygen atoms in total. The maximum Gasteiger partial charge on any atom is 0.337 e. The van der Waals surface area contributed by atoms with Crippen molar-refractivity contribution >= 4 is 34.9 Å². The van der Waals surface area contributed by atoms with Gasteiger partial charge < -0.3 is 29.5 Å². The van der Waals surface area contributed by atoms with Crippen LogP contribution in [-0.4, -0.2) is 72.0 Å². The number of carbonyl (C=O) groups excluding carboxylic acids is 4. The van der Waals surface area contributed by atoms with Crippen LogP contribution in [0.5, 0.6) is 11.5 Å². The minimum Gasteiger partial charge on any atom is -0.465 e. The Bertz CT molecular complexity index is 1850. The number of ketones is 1. The van der Waals surface area contributed by atoms with E-state index in [1.54, 1.807) is 47.7 Å². The Balaban J connectivity index is 1.12. The Hall–Kier alpha value is -4.84. The smallest absolute Gasteiger partial charge is 0.337 e. The number of benzene rings is 3. The summed E-state index contributed by atoms with van der Waals surface area (Å²) in [6, 6.07) is 22.3. The van der Waals surface area contributed by atoms with Crippen molar-refractivity contribution in [3.8, 4) is 21.9 Å². The second-order valence-electron chi connectivity index (χ2n) is 14.1. The van der Waals surface area contributed by atoms with Crippen molar-refractivity contribution in [1.82, 2.24) is 10.2 Å². The van der Waals surface area contributed by atoms with Crippen LogP contribution in [0.15, 0.2) is 84.2 Å². The zero-order chi connectivity index (χ0) is 37.4. The standard InChI is InChI=1S/C41H46N2O8S/c1-26-20-21-52-37(26)29-11-6-27(7-12-29)10-19-35(45)34-22-31(44)23-43(34)39(47)38(41(2,3)4)42-36(46)25-50-24-28-8-15-32(16-9-28)51-33-17-13-30(14-18-33)40(48)49-5/h6-9,11-18,20-21,31,34,38,44H,10,19,22-25H2,1-5H3,(H,42,46)/t31-,34+,38-/m1/s1. The zero-order valence-electron chi connectivity index (χ0n) is 30.2. The van der Waals surface area contributed by atoms with Gasteiger partial charge >= 0.3 is 5.97 Å². The summed E-state index contributed by atoms with van der Waals surface area (Å²) >= 11 is 1.70. The number of aliphatic hydroxyl groups is 1. The van der Waals surface area contributed by atoms with Crippen molar-refractivity contribution < 1.29 is 38.5 Å². The number of nitrogens with one attached hydrogen (secondary N) is 1. The van der Waals surface area contributed by atoms with Crippen molar-refractivity contribution in [3.05, 3.63) is 106 Å². The van der Waals surface area contributed by atoms with Crippen LogP contribution in [0.2, 0.25) is 0 Å². The highest BCUT2D eigenvalue weighted by Crippen LogP contribution is 2.30. The summed E-state index contributed by atoms with van der Waals surface area (Å²) in [4.78, 5) is 54.7. The van der Waals surface area contributed by atoms with E-state index in [1.807, 2.05) is 45.0 Å². The number of ether oxygens (including phenoxy) is 3. The fourth-order valence-electron chi connectivity index (χ4n) is 6.13. The second-order valence-corrected chi connectivity index (χ2v) is 15.0. The number of thiophene rings is 1. The number of methoxy groups -OCH3 is 1. The van der Waals surface area contributed by atoms with E-state index in [1.165, 1.54) is 22.5 Å². The molecule has 3 aromatic carbocycles. The molecule has 0 aliphatic carbocycles. The quantitative estimate of drug-likeness (QED) is 0.141. The first-order chi connectivity index (χ1) is 24.8. The lowest BCUT2D eigenvalue weighted by atomic mass is 9.85. The van der Waals surface area contributed by atoms with E-state index >= 15 is 0 Å². The third-order valence-electron chi connectivity index (χ3n) is 9.03. The third kappa shape index (κ3) is 9.93. The van der Waals surface area contributed by atoms with Gasteiger partial charge in [-0.25, -0.2) is 4.79 Å². The van der Waals surface area contributed by atoms with Crippen molar-refractivity contribution in [3.63, 3.8) is 0 Å². The van der Waals surface area contributed by atoms with Crippen molar-refractivity contribution in [2.45, 2.75) is 71.8 Å². The molecular formula is C41H46N2O8S. The Labute approximate surface area is 308 Å². The van der Waals surface area contributed by atoms with Crippen LogP contribution in [0.3, 0.4) is 0 Å². The Morgan fingerprint density at radius 1 is 0.923 bits per heavy atom. The van der Waals surface area contributed by atoms with Gasteiger partial charge in [0.2, 0.25) is 11.8 Å². The molecule has 0 unspecified atom stereocenters. The molecule has 0 bridgehead atoms. The highest BCUT2D eigenvalue weighted by atomic mass is 32.1. The maximum atomic E-state index is 13.9. The van der Waals surface area contributed by atoms with Crippen LogP contribution in [0.1, 0.15) is 60.7 Å². The average molecular weight is 727 g/mol. The van der Waals surface area contributed by atoms with Gasteiger partial charge in [0.1, 0.15) is 24.1 Å². The van der Waals surface area contributed by atoms with Gasteiger partial charge in [-0.15, -0.1) is 11.3 Å². The molecule has 2 heterocycles. The molecule has 4 aromatic rings. The summed E-state index contributed by atoms with van der Waals surface area (Å²) in [5.74, 6) is -0.263. The number of aliphatic hydroxyl groups excluding tert-OH is 1. The lowest BCUT2D eigenvalue weighted by molar-refractivity contribution is -0.144. The fraction of sp³-hybridized carbons (Fsp3) is 0.366. The number of hydrogen-bond donors (Lipinski definition) is 2. The van der Waals surface area contributed by atoms with E-state index in [0.29, 0.717) is 23.5 Å². The number of carbonyl (C=O) groups is 4. The molecule has 0 spiro atoms. The normalized spacial score (nSPS) is 16.3. The highest BCUT2D eigenvalue weighted by Gasteiger charge is 2.44. The minimum atomic E-state index is -0.935. The fourth-order valence-corrected chi connectivity index (χ4v) is 7.07.